The Morgan fingerprint density at radius 2 is 2.13 bits per heavy atom. The van der Waals surface area contributed by atoms with Gasteiger partial charge in [0.15, 0.2) is 0 Å². The lowest BCUT2D eigenvalue weighted by Gasteiger charge is -2.20. The van der Waals surface area contributed by atoms with Crippen LogP contribution in [0.5, 0.6) is 0 Å². The highest BCUT2D eigenvalue weighted by molar-refractivity contribution is 8.68. The fourth-order valence-corrected chi connectivity index (χ4v) is 5.15. The quantitative estimate of drug-likeness (QED) is 0.395. The van der Waals surface area contributed by atoms with E-state index in [4.69, 9.17) is 16.3 Å². The van der Waals surface area contributed by atoms with E-state index in [-0.39, 0.29) is 0 Å². The number of hydrogen-bond donors (Lipinski definition) is 1. The summed E-state index contributed by atoms with van der Waals surface area (Å²) in [6.45, 7) is 7.83. The molecule has 0 aliphatic rings. The molecule has 15 heavy (non-hydrogen) atoms. The van der Waals surface area contributed by atoms with Gasteiger partial charge in [-0.25, -0.2) is 0 Å². The molecule has 0 aromatic carbocycles. The summed E-state index contributed by atoms with van der Waals surface area (Å²) in [6, 6.07) is 0. The van der Waals surface area contributed by atoms with Gasteiger partial charge in [0.2, 0.25) is 5.62 Å². The molecule has 1 atom stereocenters. The first-order valence-corrected chi connectivity index (χ1v) is 9.64. The van der Waals surface area contributed by atoms with Crippen LogP contribution in [0.3, 0.4) is 0 Å². The van der Waals surface area contributed by atoms with Crippen LogP contribution in [-0.2, 0) is 16.3 Å². The highest BCUT2D eigenvalue weighted by Crippen LogP contribution is 2.55. The number of aliphatic imine (C=N–C) groups is 1. The third-order valence-corrected chi connectivity index (χ3v) is 6.98. The van der Waals surface area contributed by atoms with Crippen molar-refractivity contribution in [2.45, 2.75) is 33.6 Å². The molecule has 0 spiro atoms. The number of nitrogens with one attached hydrogen (secondary N) is 1. The van der Waals surface area contributed by atoms with Crippen LogP contribution < -0.4 is 5.09 Å². The molecular weight excluding hydrogens is 247 g/mol. The molecule has 0 bridgehead atoms. The molecule has 0 heterocycles. The third kappa shape index (κ3) is 8.26. The lowest BCUT2D eigenvalue weighted by atomic mass is 10.5. The Hall–Kier alpha value is 0.430. The van der Waals surface area contributed by atoms with E-state index >= 15 is 0 Å². The van der Waals surface area contributed by atoms with Crippen LogP contribution in [0, 0.1) is 0 Å². The summed E-state index contributed by atoms with van der Waals surface area (Å²) in [6.07, 6.45) is 3.76. The van der Waals surface area contributed by atoms with E-state index in [0.717, 1.165) is 31.7 Å². The summed E-state index contributed by atoms with van der Waals surface area (Å²) in [4.78, 5) is 4.20. The molecule has 0 aromatic heterocycles. The minimum Gasteiger partial charge on any atom is -0.326 e. The van der Waals surface area contributed by atoms with E-state index in [1.807, 2.05) is 0 Å². The lowest BCUT2D eigenvalue weighted by molar-refractivity contribution is 0.356. The minimum atomic E-state index is -1.93. The predicted molar refractivity (Wildman–Crippen MR) is 75.4 cm³/mol. The van der Waals surface area contributed by atoms with Gasteiger partial charge in [0.05, 0.1) is 12.9 Å². The van der Waals surface area contributed by atoms with Crippen LogP contribution in [0.25, 0.3) is 0 Å². The average molecular weight is 268 g/mol. The maximum Gasteiger partial charge on any atom is 0.211 e. The van der Waals surface area contributed by atoms with E-state index in [1.165, 1.54) is 0 Å². The third-order valence-electron chi connectivity index (χ3n) is 1.42. The van der Waals surface area contributed by atoms with Gasteiger partial charge in [0.1, 0.15) is 0 Å². The van der Waals surface area contributed by atoms with Crippen LogP contribution in [0.15, 0.2) is 4.99 Å². The lowest BCUT2D eigenvalue weighted by Crippen LogP contribution is -2.09. The normalized spacial score (nSPS) is 15.4. The second-order valence-electron chi connectivity index (χ2n) is 2.91. The average Bonchev–Trinajstić information content (AvgIpc) is 2.22. The summed E-state index contributed by atoms with van der Waals surface area (Å²) in [5.74, 6) is 0.968. The van der Waals surface area contributed by atoms with Crippen LogP contribution in [0.4, 0.5) is 0 Å². The Morgan fingerprint density at radius 3 is 2.67 bits per heavy atom. The largest absolute Gasteiger partial charge is 0.326 e. The summed E-state index contributed by atoms with van der Waals surface area (Å²) in [5.41, 5.74) is -1.93. The van der Waals surface area contributed by atoms with Crippen LogP contribution in [-0.4, -0.2) is 25.2 Å². The van der Waals surface area contributed by atoms with Gasteiger partial charge in [0, 0.05) is 6.54 Å². The second-order valence-corrected chi connectivity index (χ2v) is 9.81. The van der Waals surface area contributed by atoms with Gasteiger partial charge >= 0.3 is 0 Å². The Kier molecular flexibility index (Phi) is 9.92. The zero-order valence-electron chi connectivity index (χ0n) is 9.73. The van der Waals surface area contributed by atoms with Crippen molar-refractivity contribution in [1.82, 2.24) is 5.09 Å². The van der Waals surface area contributed by atoms with E-state index in [0.29, 0.717) is 0 Å². The van der Waals surface area contributed by atoms with Crippen molar-refractivity contribution in [3.05, 3.63) is 0 Å². The van der Waals surface area contributed by atoms with E-state index in [9.17, 15) is 0 Å². The Morgan fingerprint density at radius 1 is 1.40 bits per heavy atom. The smallest absolute Gasteiger partial charge is 0.211 e. The first-order chi connectivity index (χ1) is 7.18. The topological polar surface area (TPSA) is 33.6 Å². The van der Waals surface area contributed by atoms with Crippen molar-refractivity contribution < 1.29 is 4.52 Å². The SMILES string of the molecule is CCCN=CNP(=S)(OCCC)SCC. The summed E-state index contributed by atoms with van der Waals surface area (Å²) in [5, 5.41) is 3.14. The minimum absolute atomic E-state index is 0.721. The highest BCUT2D eigenvalue weighted by atomic mass is 32.9. The standard InChI is InChI=1S/C9H21N2OPS2/c1-4-7-10-9-11-13(14,15-6-3)12-8-5-2/h9H,4-8H2,1-3H3,(H,10,11,14). The van der Waals surface area contributed by atoms with Gasteiger partial charge in [0.25, 0.3) is 0 Å². The van der Waals surface area contributed by atoms with E-state index < -0.39 is 5.62 Å². The Labute approximate surface area is 102 Å². The molecular formula is C9H21N2OPS2. The first kappa shape index (κ1) is 15.4. The van der Waals surface area contributed by atoms with Crippen molar-refractivity contribution in [3.8, 4) is 0 Å². The number of nitrogens with zero attached hydrogens (tertiary/aromatic N) is 1. The highest BCUT2D eigenvalue weighted by Gasteiger charge is 2.15. The van der Waals surface area contributed by atoms with Crippen molar-refractivity contribution in [3.63, 3.8) is 0 Å². The Bertz CT molecular complexity index is 224. The molecule has 0 aliphatic carbocycles. The van der Waals surface area contributed by atoms with Crippen molar-refractivity contribution >= 4 is 35.1 Å². The van der Waals surface area contributed by atoms with Gasteiger partial charge in [-0.05, 0) is 30.4 Å². The molecule has 0 aliphatic heterocycles. The summed E-state index contributed by atoms with van der Waals surface area (Å²) < 4.78 is 5.69. The van der Waals surface area contributed by atoms with E-state index in [1.54, 1.807) is 17.7 Å². The molecule has 0 aromatic rings. The second kappa shape index (κ2) is 9.64. The molecule has 6 heteroatoms. The van der Waals surface area contributed by atoms with Crippen molar-refractivity contribution in [2.75, 3.05) is 18.9 Å². The molecule has 0 rings (SSSR count). The van der Waals surface area contributed by atoms with E-state index in [2.05, 4.69) is 30.9 Å². The van der Waals surface area contributed by atoms with Gasteiger partial charge < -0.3 is 9.61 Å². The zero-order valence-corrected chi connectivity index (χ0v) is 12.3. The first-order valence-electron chi connectivity index (χ1n) is 5.33. The molecule has 1 unspecified atom stereocenters. The van der Waals surface area contributed by atoms with Gasteiger partial charge in [-0.2, -0.15) is 0 Å². The molecule has 0 radical (unpaired) electrons. The molecule has 0 fully saturated rings. The van der Waals surface area contributed by atoms with Crippen LogP contribution >= 0.6 is 17.0 Å². The fourth-order valence-electron chi connectivity index (χ4n) is 0.798. The van der Waals surface area contributed by atoms with Crippen LogP contribution in [0.2, 0.25) is 0 Å². The van der Waals surface area contributed by atoms with Gasteiger partial charge in [-0.15, -0.1) is 0 Å². The monoisotopic (exact) mass is 268 g/mol. The molecule has 3 nitrogen and oxygen atoms in total. The molecule has 0 saturated carbocycles. The predicted octanol–water partition coefficient (Wildman–Crippen LogP) is 3.42. The Balaban J connectivity index is 4.06. The van der Waals surface area contributed by atoms with Gasteiger partial charge in [-0.3, -0.25) is 4.99 Å². The number of rotatable bonds is 9. The number of hydrogen-bond acceptors (Lipinski definition) is 4. The molecule has 90 valence electrons. The maximum absolute atomic E-state index is 5.69. The fraction of sp³-hybridized carbons (Fsp3) is 0.889. The summed E-state index contributed by atoms with van der Waals surface area (Å²) in [7, 11) is 0. The molecule has 0 saturated heterocycles. The van der Waals surface area contributed by atoms with Gasteiger partial charge in [-0.1, -0.05) is 32.2 Å². The maximum atomic E-state index is 5.69. The van der Waals surface area contributed by atoms with Crippen molar-refractivity contribution in [2.24, 2.45) is 4.99 Å². The molecule has 1 N–H and O–H groups in total. The summed E-state index contributed by atoms with van der Waals surface area (Å²) >= 11 is 7.14. The zero-order chi connectivity index (χ0) is 11.6. The molecule has 0 amide bonds. The van der Waals surface area contributed by atoms with Crippen molar-refractivity contribution in [1.29, 1.82) is 0 Å². The van der Waals surface area contributed by atoms with Crippen LogP contribution in [0.1, 0.15) is 33.6 Å².